The third kappa shape index (κ3) is 22.3. The van der Waals surface area contributed by atoms with E-state index < -0.39 is 144 Å². The van der Waals surface area contributed by atoms with Crippen molar-refractivity contribution in [3.05, 3.63) is 18.2 Å². The number of hydrogen-bond donors (Lipinski definition) is 17. The fourth-order valence-electron chi connectivity index (χ4n) is 6.14. The number of nitrogens with one attached hydrogen (secondary N) is 9. The van der Waals surface area contributed by atoms with Crippen molar-refractivity contribution in [1.82, 2.24) is 52.5 Å². The molecule has 1 rings (SSSR count). The van der Waals surface area contributed by atoms with E-state index >= 15 is 0 Å². The summed E-state index contributed by atoms with van der Waals surface area (Å²) in [7, 11) is 0. The van der Waals surface area contributed by atoms with Gasteiger partial charge in [-0.3, -0.25) is 47.9 Å². The largest absolute Gasteiger partial charge is 0.481 e. The van der Waals surface area contributed by atoms with E-state index in [0.717, 1.165) is 6.92 Å². The number of H-pyrrole nitrogens is 1. The lowest BCUT2D eigenvalue weighted by Gasteiger charge is -2.29. The maximum atomic E-state index is 13.9. The van der Waals surface area contributed by atoms with E-state index in [0.29, 0.717) is 18.5 Å². The van der Waals surface area contributed by atoms with Crippen molar-refractivity contribution >= 4 is 90.4 Å². The van der Waals surface area contributed by atoms with Gasteiger partial charge in [0.2, 0.25) is 53.2 Å². The Morgan fingerprint density at radius 3 is 1.62 bits per heavy atom. The van der Waals surface area contributed by atoms with Crippen LogP contribution < -0.4 is 59.7 Å². The highest BCUT2D eigenvalue weighted by atomic mass is 32.1. The summed E-state index contributed by atoms with van der Waals surface area (Å²) in [4.78, 5) is 149. The predicted octanol–water partition coefficient (Wildman–Crippen LogP) is -5.58. The predicted molar refractivity (Wildman–Crippen MR) is 251 cm³/mol. The monoisotopic (exact) mass is 1020 g/mol. The SMILES string of the molecule is CC(C)[C@H](NC(=O)[C@@H](NC(=O)[C@H](Cc1cnc[nH]1)NC(=O)[C@H](CS)NC(=O)[C@H](CCC(N)=O)NC(=O)[C@H](C)NC(=O)[C@@H](N)CS)[C@@H](C)O)C(=O)N[C@@H](CCC(=O)O)C(=O)N[C@@H](CCCCN)C(=O)O. The number of hydrogen-bond acceptors (Lipinski definition) is 17. The van der Waals surface area contributed by atoms with Gasteiger partial charge in [0, 0.05) is 42.7 Å². The van der Waals surface area contributed by atoms with Crippen molar-refractivity contribution in [1.29, 1.82) is 0 Å². The van der Waals surface area contributed by atoms with E-state index in [-0.39, 0.29) is 43.7 Å². The smallest absolute Gasteiger partial charge is 0.326 e. The lowest BCUT2D eigenvalue weighted by atomic mass is 10.0. The first-order valence-electron chi connectivity index (χ1n) is 21.9. The quantitative estimate of drug-likeness (QED) is 0.0231. The highest BCUT2D eigenvalue weighted by Crippen LogP contribution is 2.10. The Kier molecular flexibility index (Phi) is 27.5. The zero-order chi connectivity index (χ0) is 52.5. The molecule has 1 heterocycles. The number of thiol groups is 2. The van der Waals surface area contributed by atoms with E-state index in [2.05, 4.69) is 77.8 Å². The summed E-state index contributed by atoms with van der Waals surface area (Å²) < 4.78 is 0. The minimum Gasteiger partial charge on any atom is -0.481 e. The van der Waals surface area contributed by atoms with Gasteiger partial charge in [-0.1, -0.05) is 13.8 Å². The molecule has 388 valence electrons. The maximum Gasteiger partial charge on any atom is 0.326 e. The number of imidazole rings is 1. The van der Waals surface area contributed by atoms with Crippen molar-refractivity contribution in [2.75, 3.05) is 18.1 Å². The third-order valence-electron chi connectivity index (χ3n) is 10.2. The molecule has 0 aliphatic carbocycles. The number of aliphatic carboxylic acids is 2. The number of carboxylic acid groups (broad SMARTS) is 2. The van der Waals surface area contributed by atoms with Gasteiger partial charge in [0.25, 0.3) is 0 Å². The van der Waals surface area contributed by atoms with Crippen LogP contribution in [0.2, 0.25) is 0 Å². The lowest BCUT2D eigenvalue weighted by Crippen LogP contribution is -2.63. The zero-order valence-corrected chi connectivity index (χ0v) is 40.5. The van der Waals surface area contributed by atoms with Gasteiger partial charge in [-0.2, -0.15) is 25.3 Å². The van der Waals surface area contributed by atoms with Crippen LogP contribution >= 0.6 is 25.3 Å². The topological polar surface area (TPSA) is 451 Å². The minimum atomic E-state index is -1.81. The highest BCUT2D eigenvalue weighted by Gasteiger charge is 2.37. The molecule has 1 aromatic heterocycles. The Morgan fingerprint density at radius 1 is 0.623 bits per heavy atom. The molecule has 69 heavy (non-hydrogen) atoms. The standard InChI is InChI=1S/C40H67N13O14S2/c1-18(2)30(38(64)48-24(9-11-29(56)57)34(60)49-25(40(66)67)7-5-6-12-41)52-39(65)31(20(4)54)53-36(62)26(13-21-14-44-17-45-21)50-37(63)27(16-69)51-35(61)23(8-10-28(43)55)47-32(58)19(3)46-33(59)22(42)15-68/h14,17-20,22-27,30-31,54,68-69H,5-13,15-16,41-42H2,1-4H3,(H2,43,55)(H,44,45)(H,46,59)(H,47,58)(H,48,64)(H,49,60)(H,50,63)(H,51,61)(H,52,65)(H,53,62)(H,56,57)(H,66,67)/t19-,20+,22-,23-,24-,25-,26-,27-,30-,31-/m0/s1. The highest BCUT2D eigenvalue weighted by molar-refractivity contribution is 7.80. The van der Waals surface area contributed by atoms with Crippen molar-refractivity contribution in [3.63, 3.8) is 0 Å². The van der Waals surface area contributed by atoms with Crippen LogP contribution in [-0.4, -0.2) is 169 Å². The molecule has 27 nitrogen and oxygen atoms in total. The number of aliphatic hydroxyl groups is 1. The Bertz CT molecular complexity index is 1930. The molecule has 0 saturated heterocycles. The number of aromatic nitrogens is 2. The normalized spacial score (nSPS) is 15.4. The Hall–Kier alpha value is -6.04. The Labute approximate surface area is 408 Å². The van der Waals surface area contributed by atoms with Gasteiger partial charge in [0.05, 0.1) is 18.5 Å². The number of unbranched alkanes of at least 4 members (excludes halogenated alkanes) is 1. The number of carbonyl (C=O) groups excluding carboxylic acids is 9. The van der Waals surface area contributed by atoms with Crippen LogP contribution in [0, 0.1) is 5.92 Å². The summed E-state index contributed by atoms with van der Waals surface area (Å²) >= 11 is 8.11. The third-order valence-corrected chi connectivity index (χ3v) is 10.9. The number of aliphatic hydroxyl groups excluding tert-OH is 1. The van der Waals surface area contributed by atoms with Crippen molar-refractivity contribution < 1.29 is 68.1 Å². The molecular weight excluding hydrogens is 951 g/mol. The van der Waals surface area contributed by atoms with E-state index in [1.807, 2.05) is 0 Å². The molecule has 9 amide bonds. The van der Waals surface area contributed by atoms with Gasteiger partial charge in [-0.15, -0.1) is 0 Å². The average Bonchev–Trinajstić information content (AvgIpc) is 3.80. The molecular formula is C40H67N13O14S2. The van der Waals surface area contributed by atoms with Crippen LogP contribution in [0.15, 0.2) is 12.5 Å². The number of nitrogens with two attached hydrogens (primary N) is 3. The second-order valence-electron chi connectivity index (χ2n) is 16.3. The molecule has 0 radical (unpaired) electrons. The molecule has 0 aromatic carbocycles. The Morgan fingerprint density at radius 2 is 1.13 bits per heavy atom. The molecule has 18 N–H and O–H groups in total. The molecule has 0 saturated carbocycles. The first kappa shape index (κ1) is 61.0. The molecule has 1 aromatic rings. The number of nitrogens with zero attached hydrogens (tertiary/aromatic N) is 1. The number of aromatic amines is 1. The average molecular weight is 1020 g/mol. The van der Waals surface area contributed by atoms with Gasteiger partial charge >= 0.3 is 11.9 Å². The fourth-order valence-corrected chi connectivity index (χ4v) is 6.57. The van der Waals surface area contributed by atoms with E-state index in [4.69, 9.17) is 17.2 Å². The molecule has 0 bridgehead atoms. The van der Waals surface area contributed by atoms with Crippen molar-refractivity contribution in [2.24, 2.45) is 23.1 Å². The van der Waals surface area contributed by atoms with Crippen molar-refractivity contribution in [3.8, 4) is 0 Å². The van der Waals surface area contributed by atoms with Gasteiger partial charge in [0.1, 0.15) is 48.3 Å². The first-order chi connectivity index (χ1) is 32.4. The van der Waals surface area contributed by atoms with Crippen LogP contribution in [0.3, 0.4) is 0 Å². The number of primary amides is 1. The fraction of sp³-hybridized carbons (Fsp3) is 0.650. The van der Waals surface area contributed by atoms with Crippen molar-refractivity contribution in [2.45, 2.75) is 140 Å². The molecule has 29 heteroatoms. The number of carbonyl (C=O) groups is 11. The van der Waals surface area contributed by atoms with Crippen LogP contribution in [0.4, 0.5) is 0 Å². The van der Waals surface area contributed by atoms with E-state index in [9.17, 15) is 68.1 Å². The summed E-state index contributed by atoms with van der Waals surface area (Å²) in [6.45, 7) is 5.73. The lowest BCUT2D eigenvalue weighted by molar-refractivity contribution is -0.143. The number of amides is 9. The summed E-state index contributed by atoms with van der Waals surface area (Å²) in [5, 5.41) is 48.7. The first-order valence-corrected chi connectivity index (χ1v) is 23.1. The van der Waals surface area contributed by atoms with E-state index in [1.165, 1.54) is 33.3 Å². The molecule has 0 aliphatic heterocycles. The van der Waals surface area contributed by atoms with Gasteiger partial charge in [0.15, 0.2) is 0 Å². The second-order valence-corrected chi connectivity index (χ2v) is 17.0. The van der Waals surface area contributed by atoms with E-state index in [1.54, 1.807) is 0 Å². The zero-order valence-electron chi connectivity index (χ0n) is 38.7. The Balaban J connectivity index is 3.34. The van der Waals surface area contributed by atoms with Gasteiger partial charge in [-0.05, 0) is 58.4 Å². The van der Waals surface area contributed by atoms with Crippen LogP contribution in [0.25, 0.3) is 0 Å². The minimum absolute atomic E-state index is 0.00739. The maximum absolute atomic E-state index is 13.9. The summed E-state index contributed by atoms with van der Waals surface area (Å²) in [5.41, 5.74) is 16.7. The number of carboxylic acids is 2. The molecule has 10 atom stereocenters. The molecule has 0 unspecified atom stereocenters. The summed E-state index contributed by atoms with van der Waals surface area (Å²) in [6.07, 6.45) is -0.349. The number of rotatable bonds is 33. The van der Waals surface area contributed by atoms with Crippen LogP contribution in [0.5, 0.6) is 0 Å². The van der Waals surface area contributed by atoms with Gasteiger partial charge in [-0.25, -0.2) is 9.78 Å². The molecule has 0 aliphatic rings. The summed E-state index contributed by atoms with van der Waals surface area (Å²) in [5.74, 6) is -12.4. The van der Waals surface area contributed by atoms with Crippen LogP contribution in [0.1, 0.15) is 78.3 Å². The second kappa shape index (κ2) is 31.2. The summed E-state index contributed by atoms with van der Waals surface area (Å²) in [6, 6.07) is -13.0. The molecule has 0 fully saturated rings. The van der Waals surface area contributed by atoms with Gasteiger partial charge < -0.3 is 80.0 Å². The van der Waals surface area contributed by atoms with Crippen LogP contribution in [-0.2, 0) is 59.2 Å². The molecule has 0 spiro atoms.